The van der Waals surface area contributed by atoms with Gasteiger partial charge in [0, 0.05) is 24.1 Å². The SMILES string of the molecule is CC(C)N1C[C@H](C(C2=C=C=CC=C2)c2ccccc2)n2c(S)nc(=O)c(O)c2C1=O. The number of carbonyl (C=O) groups is 1. The van der Waals surface area contributed by atoms with Crippen LogP contribution >= 0.6 is 12.6 Å². The molecule has 1 amide bonds. The Balaban J connectivity index is 2.01. The summed E-state index contributed by atoms with van der Waals surface area (Å²) in [6.45, 7) is 4.17. The number of nitrogens with zero attached hydrogens (tertiary/aromatic N) is 3. The van der Waals surface area contributed by atoms with Gasteiger partial charge in [0.2, 0.25) is 5.75 Å². The Morgan fingerprint density at radius 3 is 2.60 bits per heavy atom. The van der Waals surface area contributed by atoms with Crippen LogP contribution in [0.5, 0.6) is 5.75 Å². The maximum Gasteiger partial charge on any atom is 0.316 e. The van der Waals surface area contributed by atoms with Crippen molar-refractivity contribution in [3.05, 3.63) is 87.2 Å². The quantitative estimate of drug-likeness (QED) is 0.453. The van der Waals surface area contributed by atoms with Crippen LogP contribution in [0.2, 0.25) is 0 Å². The van der Waals surface area contributed by atoms with Crippen molar-refractivity contribution in [2.24, 2.45) is 0 Å². The number of rotatable bonds is 4. The second-order valence-electron chi connectivity index (χ2n) is 7.54. The lowest BCUT2D eigenvalue weighted by atomic mass is 9.82. The van der Waals surface area contributed by atoms with Gasteiger partial charge in [0.1, 0.15) is 0 Å². The number of allylic oxidation sites excluding steroid dienone is 4. The zero-order valence-corrected chi connectivity index (χ0v) is 17.5. The number of benzene rings is 1. The second kappa shape index (κ2) is 7.88. The molecule has 1 aliphatic carbocycles. The van der Waals surface area contributed by atoms with Crippen molar-refractivity contribution in [3.63, 3.8) is 0 Å². The van der Waals surface area contributed by atoms with Crippen LogP contribution in [0.4, 0.5) is 0 Å². The van der Waals surface area contributed by atoms with E-state index in [4.69, 9.17) is 0 Å². The lowest BCUT2D eigenvalue weighted by molar-refractivity contribution is 0.0573. The van der Waals surface area contributed by atoms with E-state index in [-0.39, 0.29) is 28.9 Å². The minimum atomic E-state index is -0.861. The van der Waals surface area contributed by atoms with Crippen molar-refractivity contribution < 1.29 is 9.90 Å². The van der Waals surface area contributed by atoms with Gasteiger partial charge in [-0.1, -0.05) is 47.9 Å². The summed E-state index contributed by atoms with van der Waals surface area (Å²) in [5.74, 6) is -1.29. The van der Waals surface area contributed by atoms with Crippen LogP contribution in [0.15, 0.2) is 75.5 Å². The molecule has 0 radical (unpaired) electrons. The van der Waals surface area contributed by atoms with Crippen LogP contribution < -0.4 is 5.56 Å². The first-order valence-electron chi connectivity index (χ1n) is 9.68. The summed E-state index contributed by atoms with van der Waals surface area (Å²) in [5, 5.41) is 10.6. The number of amides is 1. The fourth-order valence-electron chi connectivity index (χ4n) is 4.05. The van der Waals surface area contributed by atoms with Crippen LogP contribution in [0.25, 0.3) is 0 Å². The summed E-state index contributed by atoms with van der Waals surface area (Å²) in [5.41, 5.74) is 7.13. The molecule has 0 fully saturated rings. The predicted octanol–water partition coefficient (Wildman–Crippen LogP) is 3.23. The number of aromatic nitrogens is 2. The molecule has 0 bridgehead atoms. The maximum absolute atomic E-state index is 13.2. The van der Waals surface area contributed by atoms with E-state index in [1.807, 2.05) is 56.3 Å². The standard InChI is InChI=1S/C23H21N3O3S/c1-14(2)25-13-17(26-19(22(25)29)20(27)21(28)24-23(26)30)18(15-9-5-3-6-10-15)16-11-7-4-8-12-16/h3-7,9-11,14,17-18,27H,13H2,1-2H3,(H,24,28,30)/t17-,18?/m1/s1. The molecular formula is C23H21N3O3S. The van der Waals surface area contributed by atoms with Crippen molar-refractivity contribution in [1.82, 2.24) is 14.5 Å². The zero-order valence-electron chi connectivity index (χ0n) is 16.6. The van der Waals surface area contributed by atoms with Crippen molar-refractivity contribution in [3.8, 4) is 5.75 Å². The summed E-state index contributed by atoms with van der Waals surface area (Å²) in [4.78, 5) is 30.8. The first kappa shape index (κ1) is 20.0. The molecule has 30 heavy (non-hydrogen) atoms. The van der Waals surface area contributed by atoms with Gasteiger partial charge in [-0.15, -0.1) is 12.6 Å². The molecule has 1 N–H and O–H groups in total. The van der Waals surface area contributed by atoms with Crippen LogP contribution in [0.3, 0.4) is 0 Å². The van der Waals surface area contributed by atoms with E-state index in [1.165, 1.54) is 0 Å². The van der Waals surface area contributed by atoms with E-state index < -0.39 is 17.2 Å². The van der Waals surface area contributed by atoms with Crippen molar-refractivity contribution in [2.75, 3.05) is 6.54 Å². The minimum absolute atomic E-state index is 0.0780. The Morgan fingerprint density at radius 1 is 1.23 bits per heavy atom. The van der Waals surface area contributed by atoms with E-state index in [0.717, 1.165) is 11.1 Å². The average Bonchev–Trinajstić information content (AvgIpc) is 2.74. The van der Waals surface area contributed by atoms with Gasteiger partial charge in [0.25, 0.3) is 5.91 Å². The summed E-state index contributed by atoms with van der Waals surface area (Å²) >= 11 is 4.41. The van der Waals surface area contributed by atoms with Gasteiger partial charge < -0.3 is 14.6 Å². The molecule has 1 aliphatic heterocycles. The van der Waals surface area contributed by atoms with E-state index >= 15 is 0 Å². The van der Waals surface area contributed by atoms with Crippen LogP contribution in [-0.4, -0.2) is 38.1 Å². The first-order valence-corrected chi connectivity index (χ1v) is 10.1. The zero-order chi connectivity index (χ0) is 21.4. The summed E-state index contributed by atoms with van der Waals surface area (Å²) in [6.07, 6.45) is 5.62. The van der Waals surface area contributed by atoms with Gasteiger partial charge in [-0.05, 0) is 31.6 Å². The lowest BCUT2D eigenvalue weighted by Crippen LogP contribution is -2.49. The lowest BCUT2D eigenvalue weighted by Gasteiger charge is -2.42. The predicted molar refractivity (Wildman–Crippen MR) is 116 cm³/mol. The minimum Gasteiger partial charge on any atom is -0.501 e. The molecule has 1 unspecified atom stereocenters. The number of carbonyl (C=O) groups excluding carboxylic acids is 1. The fraction of sp³-hybridized carbons (Fsp3) is 0.261. The summed E-state index contributed by atoms with van der Waals surface area (Å²) in [7, 11) is 0. The molecule has 0 spiro atoms. The Bertz CT molecular complexity index is 1200. The molecule has 1 aromatic carbocycles. The normalized spacial score (nSPS) is 18.5. The largest absolute Gasteiger partial charge is 0.501 e. The molecule has 4 rings (SSSR count). The van der Waals surface area contributed by atoms with Crippen molar-refractivity contribution in [2.45, 2.75) is 37.0 Å². The molecule has 2 aromatic rings. The number of fused-ring (bicyclic) bond motifs is 1. The summed E-state index contributed by atoms with van der Waals surface area (Å²) < 4.78 is 1.58. The van der Waals surface area contributed by atoms with E-state index in [2.05, 4.69) is 29.1 Å². The van der Waals surface area contributed by atoms with Crippen LogP contribution in [0.1, 0.15) is 41.9 Å². The molecule has 6 nitrogen and oxygen atoms in total. The third kappa shape index (κ3) is 3.33. The van der Waals surface area contributed by atoms with Crippen LogP contribution in [0, 0.1) is 0 Å². The molecule has 152 valence electrons. The number of hydrogen-bond donors (Lipinski definition) is 2. The Kier molecular flexibility index (Phi) is 5.27. The average molecular weight is 420 g/mol. The smallest absolute Gasteiger partial charge is 0.316 e. The molecule has 2 aliphatic rings. The van der Waals surface area contributed by atoms with Crippen molar-refractivity contribution in [1.29, 1.82) is 0 Å². The number of aromatic hydroxyl groups is 1. The Morgan fingerprint density at radius 2 is 1.97 bits per heavy atom. The van der Waals surface area contributed by atoms with Crippen molar-refractivity contribution >= 4 is 18.5 Å². The molecule has 0 saturated heterocycles. The molecule has 7 heteroatoms. The van der Waals surface area contributed by atoms with E-state index in [9.17, 15) is 14.7 Å². The van der Waals surface area contributed by atoms with E-state index in [1.54, 1.807) is 15.5 Å². The summed E-state index contributed by atoms with van der Waals surface area (Å²) in [6, 6.07) is 9.38. The van der Waals surface area contributed by atoms with Gasteiger partial charge in [-0.2, -0.15) is 4.98 Å². The maximum atomic E-state index is 13.2. The fourth-order valence-corrected chi connectivity index (χ4v) is 4.39. The highest BCUT2D eigenvalue weighted by molar-refractivity contribution is 7.80. The molecular weight excluding hydrogens is 398 g/mol. The van der Waals surface area contributed by atoms with Crippen LogP contribution in [-0.2, 0) is 0 Å². The monoisotopic (exact) mass is 419 g/mol. The second-order valence-corrected chi connectivity index (χ2v) is 7.94. The number of hydrogen-bond acceptors (Lipinski definition) is 5. The van der Waals surface area contributed by atoms with Gasteiger partial charge in [-0.3, -0.25) is 9.59 Å². The molecule has 0 saturated carbocycles. The van der Waals surface area contributed by atoms with Gasteiger partial charge in [0.05, 0.1) is 6.04 Å². The highest BCUT2D eigenvalue weighted by atomic mass is 32.1. The Labute approximate surface area is 179 Å². The molecule has 2 atom stereocenters. The Hall–Kier alpha value is -3.24. The number of thiol groups is 1. The molecule has 1 aromatic heterocycles. The topological polar surface area (TPSA) is 75.4 Å². The third-order valence-electron chi connectivity index (χ3n) is 5.44. The third-order valence-corrected chi connectivity index (χ3v) is 5.75. The van der Waals surface area contributed by atoms with Gasteiger partial charge in [-0.25, -0.2) is 0 Å². The van der Waals surface area contributed by atoms with Gasteiger partial charge >= 0.3 is 5.56 Å². The van der Waals surface area contributed by atoms with E-state index in [0.29, 0.717) is 6.54 Å². The highest BCUT2D eigenvalue weighted by Gasteiger charge is 2.41. The van der Waals surface area contributed by atoms with Gasteiger partial charge in [0.15, 0.2) is 10.9 Å². The highest BCUT2D eigenvalue weighted by Crippen LogP contribution is 2.41. The first-order chi connectivity index (χ1) is 14.4. The molecule has 2 heterocycles.